The van der Waals surface area contributed by atoms with Gasteiger partial charge in [-0.15, -0.1) is 11.3 Å². The van der Waals surface area contributed by atoms with Crippen LogP contribution < -0.4 is 5.32 Å². The Kier molecular flexibility index (Phi) is 4.81. The number of aromatic amines is 1. The molecule has 2 nitrogen and oxygen atoms in total. The third-order valence-electron chi connectivity index (χ3n) is 4.98. The van der Waals surface area contributed by atoms with Crippen LogP contribution in [0.4, 0.5) is 0 Å². The van der Waals surface area contributed by atoms with Crippen molar-refractivity contribution in [3.63, 3.8) is 0 Å². The first-order valence-electron chi connectivity index (χ1n) is 8.91. The summed E-state index contributed by atoms with van der Waals surface area (Å²) in [5, 5.41) is 7.22. The highest BCUT2D eigenvalue weighted by molar-refractivity contribution is 7.11. The van der Waals surface area contributed by atoms with Crippen LogP contribution in [-0.4, -0.2) is 17.6 Å². The molecule has 0 fully saturated rings. The number of H-pyrrole nitrogens is 1. The van der Waals surface area contributed by atoms with E-state index in [2.05, 4.69) is 64.4 Å². The fraction of sp³-hybridized carbons (Fsp3) is 0.333. The second-order valence-corrected chi connectivity index (χ2v) is 7.57. The Labute approximate surface area is 147 Å². The number of fused-ring (bicyclic) bond motifs is 1. The van der Waals surface area contributed by atoms with Gasteiger partial charge in [0, 0.05) is 34.6 Å². The maximum absolute atomic E-state index is 3.66. The minimum Gasteiger partial charge on any atom is -0.361 e. The lowest BCUT2D eigenvalue weighted by Gasteiger charge is -2.24. The summed E-state index contributed by atoms with van der Waals surface area (Å²) in [6.07, 6.45) is 10.7. The van der Waals surface area contributed by atoms with Gasteiger partial charge in [-0.3, -0.25) is 0 Å². The van der Waals surface area contributed by atoms with E-state index >= 15 is 0 Å². The fourth-order valence-corrected chi connectivity index (χ4v) is 4.46. The summed E-state index contributed by atoms with van der Waals surface area (Å²) < 4.78 is 0. The highest BCUT2D eigenvalue weighted by Gasteiger charge is 2.16. The Hall–Kier alpha value is -1.84. The highest BCUT2D eigenvalue weighted by Crippen LogP contribution is 2.28. The first-order valence-corrected chi connectivity index (χ1v) is 9.79. The van der Waals surface area contributed by atoms with Gasteiger partial charge in [0.2, 0.25) is 0 Å². The van der Waals surface area contributed by atoms with Crippen molar-refractivity contribution in [2.75, 3.05) is 6.54 Å². The summed E-state index contributed by atoms with van der Waals surface area (Å²) >= 11 is 1.86. The molecule has 3 heteroatoms. The molecule has 1 unspecified atom stereocenters. The standard InChI is InChI=1S/C21H24N2S/c1(6-17-15-23-20-9-4-3-8-19(17)20)2-7-18-14-16(11-12-22-18)21-10-5-13-24-21/h3-5,8-11,13,15,18,22-23H,1-2,6-7,12,14H2. The predicted molar refractivity (Wildman–Crippen MR) is 105 cm³/mol. The molecule has 1 atom stereocenters. The lowest BCUT2D eigenvalue weighted by atomic mass is 9.95. The number of para-hydroxylation sites is 1. The molecule has 24 heavy (non-hydrogen) atoms. The Morgan fingerprint density at radius 2 is 2.04 bits per heavy atom. The van der Waals surface area contributed by atoms with Crippen LogP contribution in [-0.2, 0) is 6.42 Å². The summed E-state index contributed by atoms with van der Waals surface area (Å²) in [6.45, 7) is 1.01. The van der Waals surface area contributed by atoms with Gasteiger partial charge < -0.3 is 10.3 Å². The van der Waals surface area contributed by atoms with Gasteiger partial charge in [0.15, 0.2) is 0 Å². The molecule has 1 aliphatic heterocycles. The number of unbranched alkanes of at least 4 members (excludes halogenated alkanes) is 1. The van der Waals surface area contributed by atoms with Crippen LogP contribution in [0.5, 0.6) is 0 Å². The molecule has 0 amide bonds. The van der Waals surface area contributed by atoms with E-state index in [9.17, 15) is 0 Å². The molecular formula is C21H24N2S. The molecule has 0 bridgehead atoms. The summed E-state index contributed by atoms with van der Waals surface area (Å²) in [5.41, 5.74) is 4.25. The van der Waals surface area contributed by atoms with Gasteiger partial charge in [0.1, 0.15) is 0 Å². The maximum Gasteiger partial charge on any atom is 0.0456 e. The molecule has 0 radical (unpaired) electrons. The third kappa shape index (κ3) is 3.47. The van der Waals surface area contributed by atoms with Crippen LogP contribution in [0.1, 0.15) is 36.1 Å². The second kappa shape index (κ2) is 7.37. The zero-order chi connectivity index (χ0) is 16.2. The van der Waals surface area contributed by atoms with E-state index in [4.69, 9.17) is 0 Å². The molecule has 4 rings (SSSR count). The van der Waals surface area contributed by atoms with Crippen LogP contribution in [0.3, 0.4) is 0 Å². The van der Waals surface area contributed by atoms with Crippen molar-refractivity contribution in [2.24, 2.45) is 0 Å². The topological polar surface area (TPSA) is 27.8 Å². The van der Waals surface area contributed by atoms with E-state index in [-0.39, 0.29) is 0 Å². The molecule has 0 saturated heterocycles. The third-order valence-corrected chi connectivity index (χ3v) is 5.93. The number of hydrogen-bond acceptors (Lipinski definition) is 2. The van der Waals surface area contributed by atoms with Crippen molar-refractivity contribution in [3.8, 4) is 0 Å². The van der Waals surface area contributed by atoms with Crippen LogP contribution in [0, 0.1) is 0 Å². The number of aryl methyl sites for hydroxylation is 1. The van der Waals surface area contributed by atoms with Gasteiger partial charge in [-0.05, 0) is 54.3 Å². The highest BCUT2D eigenvalue weighted by atomic mass is 32.1. The lowest BCUT2D eigenvalue weighted by molar-refractivity contribution is 0.477. The number of rotatable bonds is 6. The van der Waals surface area contributed by atoms with Crippen LogP contribution in [0.25, 0.3) is 16.5 Å². The van der Waals surface area contributed by atoms with Crippen molar-refractivity contribution >= 4 is 27.8 Å². The van der Waals surface area contributed by atoms with Crippen molar-refractivity contribution in [1.82, 2.24) is 10.3 Å². The number of hydrogen-bond donors (Lipinski definition) is 2. The van der Waals surface area contributed by atoms with Gasteiger partial charge in [-0.25, -0.2) is 0 Å². The smallest absolute Gasteiger partial charge is 0.0456 e. The molecule has 1 aromatic carbocycles. The van der Waals surface area contributed by atoms with Crippen molar-refractivity contribution in [1.29, 1.82) is 0 Å². The monoisotopic (exact) mass is 336 g/mol. The molecular weight excluding hydrogens is 312 g/mol. The fourth-order valence-electron chi connectivity index (χ4n) is 3.68. The van der Waals surface area contributed by atoms with Crippen LogP contribution >= 0.6 is 11.3 Å². The van der Waals surface area contributed by atoms with E-state index < -0.39 is 0 Å². The van der Waals surface area contributed by atoms with Crippen molar-refractivity contribution in [3.05, 3.63) is 64.5 Å². The van der Waals surface area contributed by atoms with Crippen molar-refractivity contribution < 1.29 is 0 Å². The summed E-state index contributed by atoms with van der Waals surface area (Å²) in [5.74, 6) is 0. The number of aromatic nitrogens is 1. The molecule has 124 valence electrons. The van der Waals surface area contributed by atoms with Crippen LogP contribution in [0.2, 0.25) is 0 Å². The molecule has 3 aromatic rings. The van der Waals surface area contributed by atoms with E-state index in [0.717, 1.165) is 6.54 Å². The maximum atomic E-state index is 3.66. The zero-order valence-electron chi connectivity index (χ0n) is 13.9. The summed E-state index contributed by atoms with van der Waals surface area (Å²) in [4.78, 5) is 4.83. The van der Waals surface area contributed by atoms with Gasteiger partial charge in [-0.2, -0.15) is 0 Å². The van der Waals surface area contributed by atoms with Crippen molar-refractivity contribution in [2.45, 2.75) is 38.1 Å². The molecule has 3 heterocycles. The zero-order valence-corrected chi connectivity index (χ0v) is 14.7. The molecule has 1 aliphatic rings. The second-order valence-electron chi connectivity index (χ2n) is 6.62. The van der Waals surface area contributed by atoms with E-state index in [0.29, 0.717) is 6.04 Å². The first kappa shape index (κ1) is 15.7. The summed E-state index contributed by atoms with van der Waals surface area (Å²) in [6, 6.07) is 13.6. The number of benzene rings is 1. The minimum atomic E-state index is 0.634. The number of nitrogens with one attached hydrogen (secondary N) is 2. The molecule has 2 N–H and O–H groups in total. The van der Waals surface area contributed by atoms with Gasteiger partial charge in [0.25, 0.3) is 0 Å². The van der Waals surface area contributed by atoms with E-state index in [1.807, 2.05) is 11.3 Å². The number of thiophene rings is 1. The quantitative estimate of drug-likeness (QED) is 0.581. The summed E-state index contributed by atoms with van der Waals surface area (Å²) in [7, 11) is 0. The Morgan fingerprint density at radius 1 is 1.08 bits per heavy atom. The largest absolute Gasteiger partial charge is 0.361 e. The first-order chi connectivity index (χ1) is 11.9. The molecule has 0 aliphatic carbocycles. The van der Waals surface area contributed by atoms with Gasteiger partial charge in [0.05, 0.1) is 0 Å². The van der Waals surface area contributed by atoms with Gasteiger partial charge in [-0.1, -0.05) is 36.8 Å². The Balaban J connectivity index is 1.27. The molecule has 0 spiro atoms. The van der Waals surface area contributed by atoms with Gasteiger partial charge >= 0.3 is 0 Å². The predicted octanol–water partition coefficient (Wildman–Crippen LogP) is 5.39. The molecule has 0 saturated carbocycles. The Morgan fingerprint density at radius 3 is 2.96 bits per heavy atom. The lowest BCUT2D eigenvalue weighted by Crippen LogP contribution is -2.32. The minimum absolute atomic E-state index is 0.634. The Bertz CT molecular complexity index is 813. The SMILES string of the molecule is C1=C(c2cccs2)CC(CCCCc2c[nH]c3ccccc23)NC1. The van der Waals surface area contributed by atoms with Crippen LogP contribution in [0.15, 0.2) is 54.1 Å². The molecule has 2 aromatic heterocycles. The van der Waals surface area contributed by atoms with E-state index in [1.165, 1.54) is 59.0 Å². The average Bonchev–Trinajstić information content (AvgIpc) is 3.29. The van der Waals surface area contributed by atoms with E-state index in [1.54, 1.807) is 0 Å². The normalized spacial score (nSPS) is 18.0. The average molecular weight is 337 g/mol.